The van der Waals surface area contributed by atoms with Gasteiger partial charge in [-0.2, -0.15) is 5.10 Å². The number of rotatable bonds is 8. The summed E-state index contributed by atoms with van der Waals surface area (Å²) in [6.45, 7) is 4.16. The first-order chi connectivity index (χ1) is 13.7. The second-order valence-electron chi connectivity index (χ2n) is 5.88. The van der Waals surface area contributed by atoms with Crippen LogP contribution in [0.25, 0.3) is 0 Å². The Balaban J connectivity index is 1.65. The summed E-state index contributed by atoms with van der Waals surface area (Å²) in [5, 5.41) is 14.4. The molecule has 0 aliphatic heterocycles. The van der Waals surface area contributed by atoms with E-state index < -0.39 is 0 Å². The first-order valence-corrected chi connectivity index (χ1v) is 8.80. The maximum atomic E-state index is 12.2. The van der Waals surface area contributed by atoms with Gasteiger partial charge in [-0.25, -0.2) is 4.68 Å². The van der Waals surface area contributed by atoms with Crippen LogP contribution in [-0.2, 0) is 4.79 Å². The summed E-state index contributed by atoms with van der Waals surface area (Å²) in [5.41, 5.74) is 2.57. The highest BCUT2D eigenvalue weighted by Crippen LogP contribution is 2.28. The van der Waals surface area contributed by atoms with E-state index in [-0.39, 0.29) is 12.5 Å². The molecule has 8 heteroatoms. The smallest absolute Gasteiger partial charge is 0.262 e. The van der Waals surface area contributed by atoms with Gasteiger partial charge in [0.05, 0.1) is 12.8 Å². The lowest BCUT2D eigenvalue weighted by molar-refractivity contribution is -0.118. The summed E-state index contributed by atoms with van der Waals surface area (Å²) >= 11 is 0. The predicted molar refractivity (Wildman–Crippen MR) is 106 cm³/mol. The third kappa shape index (κ3) is 5.16. The number of anilines is 1. The van der Waals surface area contributed by atoms with E-state index in [0.717, 1.165) is 16.8 Å². The summed E-state index contributed by atoms with van der Waals surface area (Å²) in [6, 6.07) is 12.9. The minimum atomic E-state index is -0.241. The number of aryl methyl sites for hydroxylation is 1. The molecule has 0 spiro atoms. The Morgan fingerprint density at radius 1 is 1.14 bits per heavy atom. The summed E-state index contributed by atoms with van der Waals surface area (Å²) < 4.78 is 12.8. The van der Waals surface area contributed by atoms with Gasteiger partial charge in [-0.15, -0.1) is 10.2 Å². The van der Waals surface area contributed by atoms with Gasteiger partial charge in [0.15, 0.2) is 18.1 Å². The average molecular weight is 379 g/mol. The number of carbonyl (C=O) groups is 1. The van der Waals surface area contributed by atoms with Crippen molar-refractivity contribution in [3.63, 3.8) is 0 Å². The van der Waals surface area contributed by atoms with E-state index in [9.17, 15) is 4.79 Å². The van der Waals surface area contributed by atoms with Gasteiger partial charge < -0.3 is 14.8 Å². The van der Waals surface area contributed by atoms with Crippen LogP contribution in [0.15, 0.2) is 60.2 Å². The van der Waals surface area contributed by atoms with E-state index in [0.29, 0.717) is 18.1 Å². The minimum Gasteiger partial charge on any atom is -0.490 e. The first-order valence-electron chi connectivity index (χ1n) is 8.80. The molecule has 0 bridgehead atoms. The molecular formula is C20H21N5O3. The molecule has 2 aromatic carbocycles. The maximum Gasteiger partial charge on any atom is 0.262 e. The van der Waals surface area contributed by atoms with Crippen molar-refractivity contribution in [2.24, 2.45) is 5.10 Å². The number of ether oxygens (including phenoxy) is 2. The highest BCUT2D eigenvalue weighted by atomic mass is 16.5. The van der Waals surface area contributed by atoms with Crippen molar-refractivity contribution in [3.8, 4) is 11.5 Å². The Bertz CT molecular complexity index is 954. The van der Waals surface area contributed by atoms with Crippen molar-refractivity contribution in [1.29, 1.82) is 0 Å². The van der Waals surface area contributed by atoms with E-state index in [1.807, 2.05) is 44.2 Å². The van der Waals surface area contributed by atoms with Crippen molar-refractivity contribution in [3.05, 3.63) is 66.2 Å². The normalized spacial score (nSPS) is 10.8. The van der Waals surface area contributed by atoms with E-state index in [1.165, 1.54) is 17.3 Å². The molecule has 3 rings (SSSR count). The Labute approximate surface area is 162 Å². The Hall–Kier alpha value is -3.68. The molecule has 0 radical (unpaired) electrons. The van der Waals surface area contributed by atoms with E-state index >= 15 is 0 Å². The summed E-state index contributed by atoms with van der Waals surface area (Å²) in [4.78, 5) is 12.2. The number of aromatic nitrogens is 3. The molecule has 0 saturated heterocycles. The van der Waals surface area contributed by atoms with Crippen LogP contribution >= 0.6 is 0 Å². The van der Waals surface area contributed by atoms with Crippen LogP contribution in [0.2, 0.25) is 0 Å². The fourth-order valence-corrected chi connectivity index (χ4v) is 2.42. The van der Waals surface area contributed by atoms with Crippen LogP contribution in [0.5, 0.6) is 11.5 Å². The average Bonchev–Trinajstić information content (AvgIpc) is 3.21. The van der Waals surface area contributed by atoms with Gasteiger partial charge in [-0.05, 0) is 49.2 Å². The monoisotopic (exact) mass is 379 g/mol. The highest BCUT2D eigenvalue weighted by Gasteiger charge is 2.10. The van der Waals surface area contributed by atoms with Crippen molar-refractivity contribution in [2.45, 2.75) is 13.8 Å². The molecule has 144 valence electrons. The van der Waals surface area contributed by atoms with Crippen molar-refractivity contribution in [1.82, 2.24) is 14.9 Å². The molecular weight excluding hydrogens is 358 g/mol. The lowest BCUT2D eigenvalue weighted by atomic mass is 10.2. The topological polar surface area (TPSA) is 90.6 Å². The number of para-hydroxylation sites is 1. The molecule has 1 heterocycles. The largest absolute Gasteiger partial charge is 0.490 e. The molecule has 3 aromatic rings. The van der Waals surface area contributed by atoms with Gasteiger partial charge >= 0.3 is 0 Å². The molecule has 0 atom stereocenters. The molecule has 0 unspecified atom stereocenters. The Morgan fingerprint density at radius 3 is 2.68 bits per heavy atom. The predicted octanol–water partition coefficient (Wildman–Crippen LogP) is 2.88. The SMILES string of the molecule is CCOc1cc(/C=N\n2cnnc2)ccc1OCC(=O)Nc1ccccc1C. The quantitative estimate of drug-likeness (QED) is 0.608. The second-order valence-corrected chi connectivity index (χ2v) is 5.88. The third-order valence-electron chi connectivity index (χ3n) is 3.79. The number of benzene rings is 2. The van der Waals surface area contributed by atoms with Gasteiger partial charge in [0.2, 0.25) is 0 Å². The minimum absolute atomic E-state index is 0.122. The zero-order valence-electron chi connectivity index (χ0n) is 15.7. The molecule has 0 aliphatic carbocycles. The molecule has 0 saturated carbocycles. The molecule has 0 aliphatic rings. The molecule has 28 heavy (non-hydrogen) atoms. The zero-order valence-corrected chi connectivity index (χ0v) is 15.7. The molecule has 0 fully saturated rings. The molecule has 1 N–H and O–H groups in total. The van der Waals surface area contributed by atoms with Crippen molar-refractivity contribution < 1.29 is 14.3 Å². The lowest BCUT2D eigenvalue weighted by Gasteiger charge is -2.13. The van der Waals surface area contributed by atoms with Crippen LogP contribution in [0.1, 0.15) is 18.1 Å². The van der Waals surface area contributed by atoms with Crippen LogP contribution in [0.3, 0.4) is 0 Å². The zero-order chi connectivity index (χ0) is 19.8. The number of nitrogens with zero attached hydrogens (tertiary/aromatic N) is 4. The van der Waals surface area contributed by atoms with Crippen LogP contribution in [0, 0.1) is 6.92 Å². The Morgan fingerprint density at radius 2 is 1.93 bits per heavy atom. The number of amides is 1. The van der Waals surface area contributed by atoms with Crippen molar-refractivity contribution in [2.75, 3.05) is 18.5 Å². The maximum absolute atomic E-state index is 12.2. The standard InChI is InChI=1S/C20H21N5O3/c1-3-27-19-10-16(11-23-25-13-21-22-14-25)8-9-18(19)28-12-20(26)24-17-7-5-4-6-15(17)2/h4-11,13-14H,3,12H2,1-2H3,(H,24,26)/b23-11-. The summed E-state index contributed by atoms with van der Waals surface area (Å²) in [6.07, 6.45) is 4.63. The number of nitrogens with one attached hydrogen (secondary N) is 1. The fourth-order valence-electron chi connectivity index (χ4n) is 2.42. The highest BCUT2D eigenvalue weighted by molar-refractivity contribution is 5.92. The van der Waals surface area contributed by atoms with Crippen LogP contribution in [-0.4, -0.2) is 40.2 Å². The van der Waals surface area contributed by atoms with Crippen LogP contribution in [0.4, 0.5) is 5.69 Å². The fraction of sp³-hybridized carbons (Fsp3) is 0.200. The van der Waals surface area contributed by atoms with E-state index in [1.54, 1.807) is 18.3 Å². The third-order valence-corrected chi connectivity index (χ3v) is 3.79. The molecule has 8 nitrogen and oxygen atoms in total. The van der Waals surface area contributed by atoms with Gasteiger partial charge in [-0.3, -0.25) is 4.79 Å². The number of carbonyl (C=O) groups excluding carboxylic acids is 1. The summed E-state index contributed by atoms with van der Waals surface area (Å²) in [5.74, 6) is 0.789. The van der Waals surface area contributed by atoms with E-state index in [2.05, 4.69) is 20.6 Å². The summed E-state index contributed by atoms with van der Waals surface area (Å²) in [7, 11) is 0. The van der Waals surface area contributed by atoms with Gasteiger partial charge in [-0.1, -0.05) is 18.2 Å². The molecule has 1 aromatic heterocycles. The number of hydrogen-bond acceptors (Lipinski definition) is 6. The van der Waals surface area contributed by atoms with Gasteiger partial charge in [0.25, 0.3) is 5.91 Å². The van der Waals surface area contributed by atoms with Gasteiger partial charge in [0, 0.05) is 5.69 Å². The number of hydrogen-bond donors (Lipinski definition) is 1. The second kappa shape index (κ2) is 9.31. The lowest BCUT2D eigenvalue weighted by Crippen LogP contribution is -2.20. The van der Waals surface area contributed by atoms with Crippen LogP contribution < -0.4 is 14.8 Å². The first kappa shape index (κ1) is 19.1. The Kier molecular flexibility index (Phi) is 6.35. The molecule has 1 amide bonds. The van der Waals surface area contributed by atoms with E-state index in [4.69, 9.17) is 9.47 Å². The van der Waals surface area contributed by atoms with Gasteiger partial charge in [0.1, 0.15) is 12.7 Å². The van der Waals surface area contributed by atoms with Crippen molar-refractivity contribution >= 4 is 17.8 Å².